The number of hydrazone groups is 1. The minimum atomic E-state index is -0.0906. The highest BCUT2D eigenvalue weighted by atomic mass is 32.1. The van der Waals surface area contributed by atoms with Crippen LogP contribution in [0.2, 0.25) is 0 Å². The van der Waals surface area contributed by atoms with Crippen LogP contribution in [0.15, 0.2) is 21.9 Å². The highest BCUT2D eigenvalue weighted by molar-refractivity contribution is 7.12. The fraction of sp³-hybridized carbons (Fsp3) is 0.474. The van der Waals surface area contributed by atoms with Gasteiger partial charge >= 0.3 is 0 Å². The fourth-order valence-electron chi connectivity index (χ4n) is 3.17. The molecule has 0 bridgehead atoms. The Morgan fingerprint density at radius 3 is 2.83 bits per heavy atom. The molecule has 0 saturated carbocycles. The zero-order valence-electron chi connectivity index (χ0n) is 14.7. The molecule has 1 atom stereocenters. The van der Waals surface area contributed by atoms with Crippen molar-refractivity contribution in [3.8, 4) is 0 Å². The van der Waals surface area contributed by atoms with Crippen molar-refractivity contribution < 1.29 is 4.79 Å². The summed E-state index contributed by atoms with van der Waals surface area (Å²) < 4.78 is 0. The van der Waals surface area contributed by atoms with Crippen molar-refractivity contribution in [3.05, 3.63) is 43.3 Å². The third-order valence-corrected chi connectivity index (χ3v) is 6.88. The van der Waals surface area contributed by atoms with Gasteiger partial charge in [-0.3, -0.25) is 4.79 Å². The van der Waals surface area contributed by atoms with E-state index in [1.165, 1.54) is 16.0 Å². The number of fused-ring (bicyclic) bond motifs is 1. The van der Waals surface area contributed by atoms with E-state index in [2.05, 4.69) is 37.4 Å². The van der Waals surface area contributed by atoms with E-state index in [0.29, 0.717) is 11.3 Å². The number of hydrogen-bond donors (Lipinski definition) is 1. The van der Waals surface area contributed by atoms with Crippen LogP contribution in [0.25, 0.3) is 0 Å². The Hall–Kier alpha value is -1.46. The van der Waals surface area contributed by atoms with Crippen LogP contribution < -0.4 is 5.43 Å². The predicted octanol–water partition coefficient (Wildman–Crippen LogP) is 5.03. The van der Waals surface area contributed by atoms with Gasteiger partial charge in [-0.05, 0) is 60.1 Å². The zero-order valence-corrected chi connectivity index (χ0v) is 16.3. The molecule has 0 aromatic carbocycles. The van der Waals surface area contributed by atoms with Crippen LogP contribution >= 0.6 is 22.7 Å². The summed E-state index contributed by atoms with van der Waals surface area (Å²) in [5, 5.41) is 8.15. The van der Waals surface area contributed by atoms with E-state index in [1.807, 2.05) is 17.7 Å². The number of carbonyl (C=O) groups excluding carboxylic acids is 1. The Bertz CT molecular complexity index is 765. The molecule has 128 valence electrons. The van der Waals surface area contributed by atoms with E-state index < -0.39 is 0 Å². The third-order valence-electron chi connectivity index (χ3n) is 4.87. The molecule has 0 fully saturated rings. The zero-order chi connectivity index (χ0) is 17.3. The molecular weight excluding hydrogens is 336 g/mol. The van der Waals surface area contributed by atoms with Gasteiger partial charge in [0, 0.05) is 15.1 Å². The van der Waals surface area contributed by atoms with E-state index in [-0.39, 0.29) is 5.91 Å². The van der Waals surface area contributed by atoms with Crippen LogP contribution in [0.1, 0.15) is 58.4 Å². The second-order valence-corrected chi connectivity index (χ2v) is 9.44. The van der Waals surface area contributed by atoms with Crippen LogP contribution in [-0.4, -0.2) is 12.1 Å². The summed E-state index contributed by atoms with van der Waals surface area (Å²) in [5.41, 5.74) is 6.24. The van der Waals surface area contributed by atoms with Gasteiger partial charge in [-0.25, -0.2) is 5.43 Å². The number of aryl methyl sites for hydroxylation is 1. The largest absolute Gasteiger partial charge is 0.272 e. The van der Waals surface area contributed by atoms with Gasteiger partial charge in [-0.2, -0.15) is 5.10 Å². The molecule has 1 aliphatic carbocycles. The number of nitrogens with zero attached hydrogens (tertiary/aromatic N) is 1. The molecule has 1 aliphatic rings. The Kier molecular flexibility index (Phi) is 4.92. The van der Waals surface area contributed by atoms with Crippen molar-refractivity contribution in [2.24, 2.45) is 16.4 Å². The Balaban J connectivity index is 1.68. The molecule has 2 aromatic heterocycles. The lowest BCUT2D eigenvalue weighted by Crippen LogP contribution is -2.27. The van der Waals surface area contributed by atoms with Gasteiger partial charge < -0.3 is 0 Å². The number of carbonyl (C=O) groups is 1. The Morgan fingerprint density at radius 1 is 1.38 bits per heavy atom. The third kappa shape index (κ3) is 3.62. The SMILES string of the molecule is Cc1ccsc1C=NNC(=O)c1csc2c1CC[C@H](C(C)(C)C)C2. The van der Waals surface area contributed by atoms with Crippen molar-refractivity contribution in [1.82, 2.24) is 5.43 Å². The average molecular weight is 361 g/mol. The van der Waals surface area contributed by atoms with E-state index >= 15 is 0 Å². The highest BCUT2D eigenvalue weighted by Gasteiger charge is 2.31. The van der Waals surface area contributed by atoms with Crippen molar-refractivity contribution in [2.45, 2.75) is 47.0 Å². The molecule has 0 saturated heterocycles. The predicted molar refractivity (Wildman–Crippen MR) is 103 cm³/mol. The summed E-state index contributed by atoms with van der Waals surface area (Å²) >= 11 is 3.35. The maximum absolute atomic E-state index is 12.5. The van der Waals surface area contributed by atoms with E-state index in [4.69, 9.17) is 0 Å². The van der Waals surface area contributed by atoms with Gasteiger partial charge in [-0.1, -0.05) is 20.8 Å². The smallest absolute Gasteiger partial charge is 0.267 e. The molecule has 2 heterocycles. The quantitative estimate of drug-likeness (QED) is 0.605. The lowest BCUT2D eigenvalue weighted by atomic mass is 9.72. The van der Waals surface area contributed by atoms with E-state index in [1.54, 1.807) is 28.9 Å². The van der Waals surface area contributed by atoms with E-state index in [9.17, 15) is 4.79 Å². The Labute approximate surface area is 151 Å². The van der Waals surface area contributed by atoms with Crippen molar-refractivity contribution in [2.75, 3.05) is 0 Å². The van der Waals surface area contributed by atoms with Gasteiger partial charge in [0.15, 0.2) is 0 Å². The highest BCUT2D eigenvalue weighted by Crippen LogP contribution is 2.40. The molecule has 0 spiro atoms. The van der Waals surface area contributed by atoms with Gasteiger partial charge in [0.05, 0.1) is 11.8 Å². The molecule has 1 N–H and O–H groups in total. The number of thiophene rings is 2. The first-order valence-corrected chi connectivity index (χ1v) is 10.1. The Morgan fingerprint density at radius 2 is 2.17 bits per heavy atom. The van der Waals surface area contributed by atoms with E-state index in [0.717, 1.165) is 29.7 Å². The van der Waals surface area contributed by atoms with Crippen LogP contribution in [0.4, 0.5) is 0 Å². The van der Waals surface area contributed by atoms with Gasteiger partial charge in [0.25, 0.3) is 5.91 Å². The van der Waals surface area contributed by atoms with Crippen LogP contribution in [0.3, 0.4) is 0 Å². The standard InChI is InChI=1S/C19H24N2OS2/c1-12-7-8-23-17(12)10-20-21-18(22)15-11-24-16-9-13(19(2,3)4)5-6-14(15)16/h7-8,10-11,13H,5-6,9H2,1-4H3,(H,21,22)/t13-/m0/s1. The molecular formula is C19H24N2OS2. The molecule has 0 aliphatic heterocycles. The lowest BCUT2D eigenvalue weighted by Gasteiger charge is -2.33. The van der Waals surface area contributed by atoms with Crippen LogP contribution in [0.5, 0.6) is 0 Å². The summed E-state index contributed by atoms with van der Waals surface area (Å²) in [5.74, 6) is 0.603. The fourth-order valence-corrected chi connectivity index (χ4v) is 5.12. The normalized spacial score (nSPS) is 17.9. The molecule has 3 nitrogen and oxygen atoms in total. The second kappa shape index (κ2) is 6.81. The molecule has 5 heteroatoms. The monoisotopic (exact) mass is 360 g/mol. The summed E-state index contributed by atoms with van der Waals surface area (Å²) in [6.45, 7) is 8.97. The van der Waals surface area contributed by atoms with Crippen molar-refractivity contribution in [1.29, 1.82) is 0 Å². The summed E-state index contributed by atoms with van der Waals surface area (Å²) in [6, 6.07) is 2.05. The molecule has 1 amide bonds. The average Bonchev–Trinajstić information content (AvgIpc) is 3.12. The second-order valence-electron chi connectivity index (χ2n) is 7.52. The minimum absolute atomic E-state index is 0.0906. The van der Waals surface area contributed by atoms with Gasteiger partial charge in [0.1, 0.15) is 0 Å². The summed E-state index contributed by atoms with van der Waals surface area (Å²) in [4.78, 5) is 14.9. The summed E-state index contributed by atoms with van der Waals surface area (Å²) in [6.07, 6.45) is 4.98. The van der Waals surface area contributed by atoms with Crippen molar-refractivity contribution in [3.63, 3.8) is 0 Å². The van der Waals surface area contributed by atoms with Crippen LogP contribution in [0, 0.1) is 18.3 Å². The first kappa shape index (κ1) is 17.4. The number of rotatable bonds is 3. The minimum Gasteiger partial charge on any atom is -0.267 e. The van der Waals surface area contributed by atoms with Crippen molar-refractivity contribution >= 4 is 34.8 Å². The molecule has 0 radical (unpaired) electrons. The molecule has 3 rings (SSSR count). The first-order chi connectivity index (χ1) is 11.4. The summed E-state index contributed by atoms with van der Waals surface area (Å²) in [7, 11) is 0. The molecule has 0 unspecified atom stereocenters. The van der Waals surface area contributed by atoms with Gasteiger partial charge in [0.2, 0.25) is 0 Å². The van der Waals surface area contributed by atoms with Gasteiger partial charge in [-0.15, -0.1) is 22.7 Å². The lowest BCUT2D eigenvalue weighted by molar-refractivity contribution is 0.0954. The number of amides is 1. The topological polar surface area (TPSA) is 41.5 Å². The first-order valence-electron chi connectivity index (χ1n) is 8.33. The number of hydrogen-bond acceptors (Lipinski definition) is 4. The maximum Gasteiger partial charge on any atom is 0.272 e. The molecule has 2 aromatic rings. The molecule has 24 heavy (non-hydrogen) atoms. The van der Waals surface area contributed by atoms with Crippen LogP contribution in [-0.2, 0) is 12.8 Å². The number of nitrogens with one attached hydrogen (secondary N) is 1. The maximum atomic E-state index is 12.5.